The molecule has 2 aliphatic rings. The molecule has 0 atom stereocenters. The largest absolute Gasteiger partial charge is 0.494 e. The smallest absolute Gasteiger partial charge is 0.287 e. The van der Waals surface area contributed by atoms with E-state index >= 15 is 0 Å². The van der Waals surface area contributed by atoms with Gasteiger partial charge in [-0.25, -0.2) is 0 Å². The Kier molecular flexibility index (Phi) is 16.0. The summed E-state index contributed by atoms with van der Waals surface area (Å²) in [5.41, 5.74) is 1.10. The molecule has 1 aromatic heterocycles. The summed E-state index contributed by atoms with van der Waals surface area (Å²) in [4.78, 5) is 40.9. The van der Waals surface area contributed by atoms with Crippen molar-refractivity contribution in [2.45, 2.75) is 99.0 Å². The van der Waals surface area contributed by atoms with Crippen LogP contribution in [0.2, 0.25) is 5.02 Å². The number of piperidine rings is 1. The second-order valence-corrected chi connectivity index (χ2v) is 13.4. The maximum atomic E-state index is 13.3. The van der Waals surface area contributed by atoms with Gasteiger partial charge in [0.2, 0.25) is 5.91 Å². The predicted octanol–water partition coefficient (Wildman–Crippen LogP) is 8.17. The highest BCUT2D eigenvalue weighted by Gasteiger charge is 2.47. The number of carbonyl (C=O) groups excluding carboxylic acids is 2. The second-order valence-electron chi connectivity index (χ2n) is 12.9. The number of likely N-dealkylation sites (tertiary alicyclic amines) is 1. The van der Waals surface area contributed by atoms with Crippen molar-refractivity contribution in [3.8, 4) is 5.75 Å². The van der Waals surface area contributed by atoms with Crippen LogP contribution < -0.4 is 20.8 Å². The number of hydrogen-bond acceptors (Lipinski definition) is 6. The molecule has 0 unspecified atom stereocenters. The molecule has 2 heterocycles. The van der Waals surface area contributed by atoms with Crippen LogP contribution >= 0.6 is 11.6 Å². The number of fused-ring (bicyclic) bond motifs is 1. The van der Waals surface area contributed by atoms with Crippen molar-refractivity contribution in [3.63, 3.8) is 0 Å². The first kappa shape index (κ1) is 39.1. The summed E-state index contributed by atoms with van der Waals surface area (Å²) in [6.07, 6.45) is 8.66. The predicted molar refractivity (Wildman–Crippen MR) is 196 cm³/mol. The Labute approximate surface area is 291 Å². The average molecular weight is 682 g/mol. The van der Waals surface area contributed by atoms with E-state index in [1.54, 1.807) is 18.2 Å². The maximum Gasteiger partial charge on any atom is 0.287 e. The summed E-state index contributed by atoms with van der Waals surface area (Å²) >= 11 is 5.61. The van der Waals surface area contributed by atoms with Gasteiger partial charge >= 0.3 is 0 Å². The number of amides is 2. The molecule has 2 N–H and O–H groups in total. The van der Waals surface area contributed by atoms with Gasteiger partial charge in [-0.3, -0.25) is 14.4 Å². The summed E-state index contributed by atoms with van der Waals surface area (Å²) in [7, 11) is 0. The molecule has 1 aliphatic carbocycles. The van der Waals surface area contributed by atoms with E-state index in [4.69, 9.17) is 20.8 Å². The number of rotatable bonds is 10. The lowest BCUT2D eigenvalue weighted by molar-refractivity contribution is -0.140. The summed E-state index contributed by atoms with van der Waals surface area (Å²) in [6, 6.07) is 14.2. The highest BCUT2D eigenvalue weighted by Crippen LogP contribution is 2.46. The fourth-order valence-electron chi connectivity index (χ4n) is 6.69. The molecule has 1 saturated carbocycles. The van der Waals surface area contributed by atoms with E-state index in [9.17, 15) is 14.4 Å². The van der Waals surface area contributed by atoms with Crippen molar-refractivity contribution in [1.82, 2.24) is 15.5 Å². The van der Waals surface area contributed by atoms with Crippen LogP contribution in [-0.4, -0.2) is 55.5 Å². The molecule has 48 heavy (non-hydrogen) atoms. The molecule has 8 nitrogen and oxygen atoms in total. The van der Waals surface area contributed by atoms with Gasteiger partial charge in [0.05, 0.1) is 17.4 Å². The first-order chi connectivity index (χ1) is 23.1. The molecule has 3 aromatic rings. The first-order valence-corrected chi connectivity index (χ1v) is 18.2. The number of ether oxygens (including phenoxy) is 1. The van der Waals surface area contributed by atoms with Crippen LogP contribution in [0.4, 0.5) is 0 Å². The maximum absolute atomic E-state index is 13.3. The fourth-order valence-corrected chi connectivity index (χ4v) is 6.81. The highest BCUT2D eigenvalue weighted by atomic mass is 35.5. The number of benzene rings is 2. The van der Waals surface area contributed by atoms with Gasteiger partial charge in [-0.2, -0.15) is 0 Å². The molecule has 264 valence electrons. The minimum atomic E-state index is -0.391. The van der Waals surface area contributed by atoms with Gasteiger partial charge in [-0.1, -0.05) is 62.4 Å². The van der Waals surface area contributed by atoms with Gasteiger partial charge < -0.3 is 24.7 Å². The number of nitrogens with one attached hydrogen (secondary N) is 2. The zero-order valence-electron chi connectivity index (χ0n) is 29.8. The quantitative estimate of drug-likeness (QED) is 0.209. The molecule has 2 fully saturated rings. The van der Waals surface area contributed by atoms with Gasteiger partial charge in [0.15, 0.2) is 11.2 Å². The topological polar surface area (TPSA) is 101 Å². The van der Waals surface area contributed by atoms with Crippen LogP contribution in [0.15, 0.2) is 57.7 Å². The highest BCUT2D eigenvalue weighted by molar-refractivity contribution is 6.30. The lowest BCUT2D eigenvalue weighted by Crippen LogP contribution is -2.54. The molecule has 5 rings (SSSR count). The summed E-state index contributed by atoms with van der Waals surface area (Å²) < 4.78 is 11.1. The standard InChI is InChI=1S/C30H43N3O5.C7H7Cl.C2H6/c1-4-37-23-11-12-26-24(19-23)25(34)20-27(38-26)28(35)31-15-8-16-33-17-13-30(14-18-33,29(36)32-21(2)3)22-9-6-5-7-10-22;1-6-2-4-7(8)5-3-6;1-2/h11-12,19-22H,4-10,13-18H2,1-3H3,(H,31,35)(H,32,36);2-5H,1H3;1-2H3. The van der Waals surface area contributed by atoms with E-state index in [1.807, 2.05) is 65.8 Å². The van der Waals surface area contributed by atoms with Crippen LogP contribution in [0.3, 0.4) is 0 Å². The van der Waals surface area contributed by atoms with Crippen molar-refractivity contribution >= 4 is 34.4 Å². The lowest BCUT2D eigenvalue weighted by atomic mass is 9.63. The summed E-state index contributed by atoms with van der Waals surface area (Å²) in [6.45, 7) is 15.6. The zero-order chi connectivity index (χ0) is 35.1. The van der Waals surface area contributed by atoms with Crippen LogP contribution in [0.5, 0.6) is 5.75 Å². The molecular weight excluding hydrogens is 626 g/mol. The number of hydrogen-bond donors (Lipinski definition) is 2. The van der Waals surface area contributed by atoms with Crippen LogP contribution in [0, 0.1) is 18.3 Å². The Balaban J connectivity index is 0.000000540. The van der Waals surface area contributed by atoms with Gasteiger partial charge in [0.25, 0.3) is 5.91 Å². The van der Waals surface area contributed by atoms with Gasteiger partial charge in [-0.05, 0) is 116 Å². The molecule has 0 bridgehead atoms. The Bertz CT molecular complexity index is 1470. The first-order valence-electron chi connectivity index (χ1n) is 17.9. The molecule has 2 amide bonds. The lowest BCUT2D eigenvalue weighted by Gasteiger charge is -2.47. The third-order valence-electron chi connectivity index (χ3n) is 9.19. The molecule has 1 aliphatic heterocycles. The SMILES string of the molecule is CC.CCOc1ccc2oc(C(=O)NCCCN3CCC(C(=O)NC(C)C)(C4CCCCC4)CC3)cc(=O)c2c1.Cc1ccc(Cl)cc1. The van der Waals surface area contributed by atoms with Crippen molar-refractivity contribution in [2.75, 3.05) is 32.8 Å². The van der Waals surface area contributed by atoms with E-state index in [1.165, 1.54) is 30.9 Å². The number of aryl methyl sites for hydroxylation is 1. The molecule has 0 spiro atoms. The molecule has 0 radical (unpaired) electrons. The minimum Gasteiger partial charge on any atom is -0.494 e. The van der Waals surface area contributed by atoms with Crippen LogP contribution in [-0.2, 0) is 4.79 Å². The van der Waals surface area contributed by atoms with Crippen molar-refractivity contribution in [1.29, 1.82) is 0 Å². The van der Waals surface area contributed by atoms with E-state index < -0.39 is 5.91 Å². The van der Waals surface area contributed by atoms with Crippen molar-refractivity contribution in [2.24, 2.45) is 11.3 Å². The Morgan fingerprint density at radius 2 is 1.69 bits per heavy atom. The van der Waals surface area contributed by atoms with E-state index in [2.05, 4.69) is 15.5 Å². The fraction of sp³-hybridized carbons (Fsp3) is 0.564. The molecule has 9 heteroatoms. The van der Waals surface area contributed by atoms with Crippen LogP contribution in [0.25, 0.3) is 11.0 Å². The van der Waals surface area contributed by atoms with Crippen molar-refractivity contribution in [3.05, 3.63) is 75.1 Å². The van der Waals surface area contributed by atoms with E-state index in [0.29, 0.717) is 35.8 Å². The zero-order valence-corrected chi connectivity index (χ0v) is 30.6. The second kappa shape index (κ2) is 19.6. The number of carbonyl (C=O) groups is 2. The van der Waals surface area contributed by atoms with E-state index in [0.717, 1.165) is 56.8 Å². The number of halogens is 1. The van der Waals surface area contributed by atoms with Gasteiger partial charge in [0.1, 0.15) is 11.3 Å². The normalized spacial score (nSPS) is 16.2. The monoisotopic (exact) mass is 681 g/mol. The summed E-state index contributed by atoms with van der Waals surface area (Å²) in [5.74, 6) is 0.950. The Morgan fingerprint density at radius 3 is 2.29 bits per heavy atom. The van der Waals surface area contributed by atoms with E-state index in [-0.39, 0.29) is 28.6 Å². The molecule has 2 aromatic carbocycles. The minimum absolute atomic E-state index is 0.0121. The average Bonchev–Trinajstić information content (AvgIpc) is 3.10. The Morgan fingerprint density at radius 1 is 1.02 bits per heavy atom. The third-order valence-corrected chi connectivity index (χ3v) is 9.44. The Hall–Kier alpha value is -3.36. The van der Waals surface area contributed by atoms with Crippen molar-refractivity contribution < 1.29 is 18.7 Å². The van der Waals surface area contributed by atoms with Gasteiger partial charge in [-0.15, -0.1) is 0 Å². The molecule has 1 saturated heterocycles. The van der Waals surface area contributed by atoms with Crippen LogP contribution in [0.1, 0.15) is 102 Å². The third kappa shape index (κ3) is 11.1. The van der Waals surface area contributed by atoms with Gasteiger partial charge in [0, 0.05) is 23.7 Å². The summed E-state index contributed by atoms with van der Waals surface area (Å²) in [5, 5.41) is 7.30. The molecular formula is C39H56ClN3O5. The number of nitrogens with zero attached hydrogens (tertiary/aromatic N) is 1.